The van der Waals surface area contributed by atoms with Gasteiger partial charge in [0.1, 0.15) is 5.82 Å². The zero-order chi connectivity index (χ0) is 19.8. The van der Waals surface area contributed by atoms with Gasteiger partial charge in [0, 0.05) is 17.1 Å². The Balaban J connectivity index is 1.98. The van der Waals surface area contributed by atoms with Crippen molar-refractivity contribution in [2.24, 2.45) is 5.73 Å². The van der Waals surface area contributed by atoms with Crippen LogP contribution in [0.25, 0.3) is 11.0 Å². The van der Waals surface area contributed by atoms with Gasteiger partial charge in [0.2, 0.25) is 15.9 Å². The average molecular weight is 407 g/mol. The number of rotatable bonds is 6. The first-order valence-electron chi connectivity index (χ1n) is 8.31. The normalized spacial score (nSPS) is 13.0. The van der Waals surface area contributed by atoms with Crippen LogP contribution >= 0.6 is 11.6 Å². The number of nitrogens with one attached hydrogen (secondary N) is 1. The minimum Gasteiger partial charge on any atom is -0.366 e. The van der Waals surface area contributed by atoms with Crippen molar-refractivity contribution in [1.29, 1.82) is 0 Å². The van der Waals surface area contributed by atoms with Crippen LogP contribution in [0, 0.1) is 0 Å². The van der Waals surface area contributed by atoms with E-state index in [4.69, 9.17) is 17.3 Å². The Bertz CT molecular complexity index is 1110. The number of benzene rings is 2. The molecule has 9 heteroatoms. The van der Waals surface area contributed by atoms with Crippen LogP contribution in [0.2, 0.25) is 5.02 Å². The van der Waals surface area contributed by atoms with Crippen LogP contribution in [0.3, 0.4) is 0 Å². The number of aromatic nitrogens is 2. The molecule has 0 unspecified atom stereocenters. The van der Waals surface area contributed by atoms with Crippen molar-refractivity contribution in [3.63, 3.8) is 0 Å². The van der Waals surface area contributed by atoms with E-state index in [1.165, 1.54) is 24.3 Å². The molecule has 1 aromatic heterocycles. The number of aryl methyl sites for hydroxylation is 1. The molecule has 1 atom stereocenters. The molecule has 1 amide bonds. The van der Waals surface area contributed by atoms with Crippen LogP contribution in [0.4, 0.5) is 0 Å². The van der Waals surface area contributed by atoms with E-state index < -0.39 is 22.0 Å². The molecule has 3 aromatic rings. The van der Waals surface area contributed by atoms with E-state index in [2.05, 4.69) is 9.71 Å². The molecule has 1 heterocycles. The molecule has 0 saturated carbocycles. The second kappa shape index (κ2) is 7.30. The lowest BCUT2D eigenvalue weighted by Crippen LogP contribution is -2.28. The summed E-state index contributed by atoms with van der Waals surface area (Å²) in [5.74, 6) is 0.0189. The molecule has 0 fully saturated rings. The molecule has 0 radical (unpaired) electrons. The van der Waals surface area contributed by atoms with Gasteiger partial charge in [0.25, 0.3) is 0 Å². The Hall–Kier alpha value is -2.42. The van der Waals surface area contributed by atoms with Crippen LogP contribution < -0.4 is 10.5 Å². The van der Waals surface area contributed by atoms with Crippen molar-refractivity contribution in [2.45, 2.75) is 31.3 Å². The summed E-state index contributed by atoms with van der Waals surface area (Å²) in [6, 6.07) is 10.3. The molecule has 0 aliphatic heterocycles. The van der Waals surface area contributed by atoms with Gasteiger partial charge in [-0.05, 0) is 56.3 Å². The quantitative estimate of drug-likeness (QED) is 0.656. The van der Waals surface area contributed by atoms with E-state index in [9.17, 15) is 13.2 Å². The number of halogens is 1. The first-order chi connectivity index (χ1) is 12.7. The number of fused-ring (bicyclic) bond motifs is 1. The van der Waals surface area contributed by atoms with Crippen LogP contribution in [0.1, 0.15) is 36.1 Å². The zero-order valence-corrected chi connectivity index (χ0v) is 16.4. The minimum absolute atomic E-state index is 0.119. The summed E-state index contributed by atoms with van der Waals surface area (Å²) in [7, 11) is -3.74. The molecule has 3 N–H and O–H groups in total. The lowest BCUT2D eigenvalue weighted by molar-refractivity contribution is 0.100. The predicted molar refractivity (Wildman–Crippen MR) is 104 cm³/mol. The van der Waals surface area contributed by atoms with E-state index in [1.807, 2.05) is 11.5 Å². The lowest BCUT2D eigenvalue weighted by Gasteiger charge is -2.15. The third kappa shape index (κ3) is 3.83. The number of imidazole rings is 1. The van der Waals surface area contributed by atoms with Crippen molar-refractivity contribution in [2.75, 3.05) is 0 Å². The SMILES string of the molecule is CCn1c([C@@H](C)NS(=O)(=O)c2ccc(Cl)cc2)nc2ccc(C(N)=O)cc21. The summed E-state index contributed by atoms with van der Waals surface area (Å²) in [5.41, 5.74) is 7.11. The minimum atomic E-state index is -3.74. The highest BCUT2D eigenvalue weighted by molar-refractivity contribution is 7.89. The molecule has 0 spiro atoms. The number of sulfonamides is 1. The van der Waals surface area contributed by atoms with Crippen LogP contribution in [0.15, 0.2) is 47.4 Å². The number of nitrogens with two attached hydrogens (primary N) is 1. The molecule has 3 rings (SSSR count). The Kier molecular flexibility index (Phi) is 5.23. The number of hydrogen-bond acceptors (Lipinski definition) is 4. The number of nitrogens with zero attached hydrogens (tertiary/aromatic N) is 2. The van der Waals surface area contributed by atoms with E-state index >= 15 is 0 Å². The summed E-state index contributed by atoms with van der Waals surface area (Å²) in [6.07, 6.45) is 0. The molecule has 142 valence electrons. The molecule has 0 bridgehead atoms. The number of amides is 1. The second-order valence-corrected chi connectivity index (χ2v) is 8.23. The van der Waals surface area contributed by atoms with Gasteiger partial charge in [0.15, 0.2) is 0 Å². The Morgan fingerprint density at radius 2 is 1.93 bits per heavy atom. The molecule has 0 saturated heterocycles. The summed E-state index contributed by atoms with van der Waals surface area (Å²) in [5, 5.41) is 0.458. The summed E-state index contributed by atoms with van der Waals surface area (Å²) >= 11 is 5.82. The number of primary amides is 1. The first-order valence-corrected chi connectivity index (χ1v) is 10.2. The van der Waals surface area contributed by atoms with Crippen LogP contribution in [-0.4, -0.2) is 23.9 Å². The monoisotopic (exact) mass is 406 g/mol. The highest BCUT2D eigenvalue weighted by Gasteiger charge is 2.23. The Morgan fingerprint density at radius 1 is 1.26 bits per heavy atom. The van der Waals surface area contributed by atoms with Gasteiger partial charge < -0.3 is 10.3 Å². The van der Waals surface area contributed by atoms with Crippen molar-refractivity contribution in [3.05, 3.63) is 58.9 Å². The van der Waals surface area contributed by atoms with Gasteiger partial charge in [0.05, 0.1) is 22.0 Å². The van der Waals surface area contributed by atoms with Crippen molar-refractivity contribution in [3.8, 4) is 0 Å². The maximum Gasteiger partial charge on any atom is 0.248 e. The fourth-order valence-electron chi connectivity index (χ4n) is 2.92. The summed E-state index contributed by atoms with van der Waals surface area (Å²) in [4.78, 5) is 16.1. The number of carbonyl (C=O) groups is 1. The standard InChI is InChI=1S/C18H19ClN4O3S/c1-3-23-16-10-12(17(20)24)4-9-15(16)21-18(23)11(2)22-27(25,26)14-7-5-13(19)6-8-14/h4-11,22H,3H2,1-2H3,(H2,20,24)/t11-/m1/s1. The largest absolute Gasteiger partial charge is 0.366 e. The fraction of sp³-hybridized carbons (Fsp3) is 0.222. The molecular formula is C18H19ClN4O3S. The van der Waals surface area contributed by atoms with Crippen LogP contribution in [0.5, 0.6) is 0 Å². The smallest absolute Gasteiger partial charge is 0.248 e. The molecule has 27 heavy (non-hydrogen) atoms. The third-order valence-corrected chi connectivity index (χ3v) is 6.03. The molecular weight excluding hydrogens is 388 g/mol. The van der Waals surface area contributed by atoms with Gasteiger partial charge in [-0.25, -0.2) is 18.1 Å². The molecule has 0 aliphatic carbocycles. The van der Waals surface area contributed by atoms with Gasteiger partial charge >= 0.3 is 0 Å². The maximum atomic E-state index is 12.6. The molecule has 2 aromatic carbocycles. The van der Waals surface area contributed by atoms with Crippen molar-refractivity contribution >= 4 is 38.6 Å². The first kappa shape index (κ1) is 19.3. The van der Waals surface area contributed by atoms with Crippen LogP contribution in [-0.2, 0) is 16.6 Å². The van der Waals surface area contributed by atoms with Gasteiger partial charge in [-0.2, -0.15) is 0 Å². The highest BCUT2D eigenvalue weighted by atomic mass is 35.5. The van der Waals surface area contributed by atoms with Gasteiger partial charge in [-0.3, -0.25) is 4.79 Å². The second-order valence-electron chi connectivity index (χ2n) is 6.08. The van der Waals surface area contributed by atoms with E-state index in [0.29, 0.717) is 28.5 Å². The van der Waals surface area contributed by atoms with Crippen molar-refractivity contribution in [1.82, 2.24) is 14.3 Å². The summed E-state index contributed by atoms with van der Waals surface area (Å²) in [6.45, 7) is 4.19. The predicted octanol–water partition coefficient (Wildman–Crippen LogP) is 2.85. The zero-order valence-electron chi connectivity index (χ0n) is 14.8. The number of carbonyl (C=O) groups excluding carboxylic acids is 1. The maximum absolute atomic E-state index is 12.6. The van der Waals surface area contributed by atoms with E-state index in [1.54, 1.807) is 25.1 Å². The van der Waals surface area contributed by atoms with Crippen molar-refractivity contribution < 1.29 is 13.2 Å². The molecule has 0 aliphatic rings. The number of hydrogen-bond donors (Lipinski definition) is 2. The van der Waals surface area contributed by atoms with E-state index in [-0.39, 0.29) is 4.90 Å². The Morgan fingerprint density at radius 3 is 2.52 bits per heavy atom. The fourth-order valence-corrected chi connectivity index (χ4v) is 4.25. The summed E-state index contributed by atoms with van der Waals surface area (Å²) < 4.78 is 29.8. The van der Waals surface area contributed by atoms with Gasteiger partial charge in [-0.15, -0.1) is 0 Å². The average Bonchev–Trinajstić information content (AvgIpc) is 2.99. The van der Waals surface area contributed by atoms with Gasteiger partial charge in [-0.1, -0.05) is 11.6 Å². The van der Waals surface area contributed by atoms with E-state index in [0.717, 1.165) is 5.52 Å². The topological polar surface area (TPSA) is 107 Å². The molecule has 7 nitrogen and oxygen atoms in total. The highest BCUT2D eigenvalue weighted by Crippen LogP contribution is 2.24. The Labute approximate surface area is 162 Å². The lowest BCUT2D eigenvalue weighted by atomic mass is 10.2. The third-order valence-electron chi connectivity index (χ3n) is 4.22.